The molecule has 0 atom stereocenters. The summed E-state index contributed by atoms with van der Waals surface area (Å²) in [6.45, 7) is 1.24. The molecule has 0 heterocycles. The van der Waals surface area contributed by atoms with E-state index in [1.807, 2.05) is 30.3 Å². The predicted molar refractivity (Wildman–Crippen MR) is 93.8 cm³/mol. The van der Waals surface area contributed by atoms with Crippen LogP contribution in [0.3, 0.4) is 0 Å². The third-order valence-electron chi connectivity index (χ3n) is 3.36. The quantitative estimate of drug-likeness (QED) is 0.711. The minimum atomic E-state index is -0.111. The molecular formula is C18H21BrN2O. The molecule has 0 aliphatic rings. The second-order valence-corrected chi connectivity index (χ2v) is 6.10. The van der Waals surface area contributed by atoms with Gasteiger partial charge in [-0.05, 0) is 42.5 Å². The van der Waals surface area contributed by atoms with Gasteiger partial charge in [0.05, 0.1) is 0 Å². The average Bonchev–Trinajstić information content (AvgIpc) is 2.54. The second-order valence-electron chi connectivity index (χ2n) is 5.18. The van der Waals surface area contributed by atoms with E-state index in [1.54, 1.807) is 0 Å². The van der Waals surface area contributed by atoms with E-state index in [4.69, 9.17) is 0 Å². The summed E-state index contributed by atoms with van der Waals surface area (Å²) in [6.07, 6.45) is 3.12. The first-order valence-corrected chi connectivity index (χ1v) is 8.33. The van der Waals surface area contributed by atoms with E-state index in [-0.39, 0.29) is 6.03 Å². The molecule has 0 saturated heterocycles. The lowest BCUT2D eigenvalue weighted by Crippen LogP contribution is -2.35. The Morgan fingerprint density at radius 1 is 0.909 bits per heavy atom. The largest absolute Gasteiger partial charge is 0.338 e. The fourth-order valence-electron chi connectivity index (χ4n) is 2.19. The first-order valence-electron chi connectivity index (χ1n) is 7.54. The lowest BCUT2D eigenvalue weighted by molar-refractivity contribution is 0.240. The molecule has 0 unspecified atom stereocenters. The van der Waals surface area contributed by atoms with Crippen LogP contribution < -0.4 is 10.6 Å². The van der Waals surface area contributed by atoms with Crippen molar-refractivity contribution in [3.8, 4) is 0 Å². The van der Waals surface area contributed by atoms with Crippen LogP contribution >= 0.6 is 15.9 Å². The minimum Gasteiger partial charge on any atom is -0.338 e. The first kappa shape index (κ1) is 16.6. The molecule has 22 heavy (non-hydrogen) atoms. The third-order valence-corrected chi connectivity index (χ3v) is 3.86. The van der Waals surface area contributed by atoms with Crippen molar-refractivity contribution < 1.29 is 4.79 Å². The Morgan fingerprint density at radius 3 is 2.45 bits per heavy atom. The van der Waals surface area contributed by atoms with Crippen molar-refractivity contribution in [2.24, 2.45) is 0 Å². The van der Waals surface area contributed by atoms with Gasteiger partial charge in [0, 0.05) is 17.6 Å². The molecule has 0 saturated carbocycles. The fourth-order valence-corrected chi connectivity index (χ4v) is 2.64. The van der Waals surface area contributed by atoms with Gasteiger partial charge in [0.15, 0.2) is 0 Å². The van der Waals surface area contributed by atoms with Gasteiger partial charge in [-0.15, -0.1) is 0 Å². The van der Waals surface area contributed by atoms with Crippen molar-refractivity contribution in [3.63, 3.8) is 0 Å². The Hall–Kier alpha value is -1.81. The third kappa shape index (κ3) is 6.31. The van der Waals surface area contributed by atoms with Gasteiger partial charge in [0.1, 0.15) is 0 Å². The summed E-state index contributed by atoms with van der Waals surface area (Å²) >= 11 is 3.42. The molecule has 0 aromatic heterocycles. The number of hydrogen-bond acceptors (Lipinski definition) is 1. The van der Waals surface area contributed by atoms with Crippen LogP contribution in [0, 0.1) is 0 Å². The molecule has 2 aromatic rings. The molecule has 2 rings (SSSR count). The van der Waals surface area contributed by atoms with Crippen LogP contribution in [-0.2, 0) is 13.0 Å². The van der Waals surface area contributed by atoms with E-state index in [1.165, 1.54) is 5.56 Å². The van der Waals surface area contributed by atoms with Gasteiger partial charge in [0.25, 0.3) is 0 Å². The molecular weight excluding hydrogens is 340 g/mol. The number of benzene rings is 2. The van der Waals surface area contributed by atoms with Gasteiger partial charge < -0.3 is 10.6 Å². The fraction of sp³-hybridized carbons (Fsp3) is 0.278. The molecule has 0 radical (unpaired) electrons. The van der Waals surface area contributed by atoms with Crippen LogP contribution in [0.2, 0.25) is 0 Å². The smallest absolute Gasteiger partial charge is 0.315 e. The predicted octanol–water partition coefficient (Wildman–Crippen LogP) is 4.27. The number of nitrogens with one attached hydrogen (secondary N) is 2. The van der Waals surface area contributed by atoms with Crippen molar-refractivity contribution in [2.45, 2.75) is 25.8 Å². The van der Waals surface area contributed by atoms with E-state index in [2.05, 4.69) is 50.8 Å². The molecule has 0 spiro atoms. The Bertz CT molecular complexity index is 587. The zero-order valence-electron chi connectivity index (χ0n) is 12.5. The molecule has 0 fully saturated rings. The zero-order valence-corrected chi connectivity index (χ0v) is 14.1. The topological polar surface area (TPSA) is 41.1 Å². The van der Waals surface area contributed by atoms with Crippen LogP contribution in [0.25, 0.3) is 0 Å². The van der Waals surface area contributed by atoms with Crippen LogP contribution in [-0.4, -0.2) is 12.6 Å². The number of halogens is 1. The summed E-state index contributed by atoms with van der Waals surface area (Å²) in [7, 11) is 0. The van der Waals surface area contributed by atoms with Gasteiger partial charge >= 0.3 is 6.03 Å². The molecule has 3 nitrogen and oxygen atoms in total. The van der Waals surface area contributed by atoms with Gasteiger partial charge in [0.2, 0.25) is 0 Å². The van der Waals surface area contributed by atoms with Gasteiger partial charge in [-0.25, -0.2) is 4.79 Å². The molecule has 0 aliphatic carbocycles. The van der Waals surface area contributed by atoms with Crippen molar-refractivity contribution in [3.05, 3.63) is 70.2 Å². The van der Waals surface area contributed by atoms with Crippen LogP contribution in [0.5, 0.6) is 0 Å². The zero-order chi connectivity index (χ0) is 15.6. The summed E-state index contributed by atoms with van der Waals surface area (Å²) in [5.41, 5.74) is 2.43. The summed E-state index contributed by atoms with van der Waals surface area (Å²) in [5, 5.41) is 5.76. The summed E-state index contributed by atoms with van der Waals surface area (Å²) in [6, 6.07) is 18.2. The van der Waals surface area contributed by atoms with Gasteiger partial charge in [-0.3, -0.25) is 0 Å². The number of amides is 2. The minimum absolute atomic E-state index is 0.111. The normalized spacial score (nSPS) is 10.2. The highest BCUT2D eigenvalue weighted by Gasteiger charge is 2.00. The Morgan fingerprint density at radius 2 is 1.68 bits per heavy atom. The van der Waals surface area contributed by atoms with Crippen molar-refractivity contribution >= 4 is 22.0 Å². The number of unbranched alkanes of at least 4 members (excludes halogenated alkanes) is 1. The maximum atomic E-state index is 11.7. The van der Waals surface area contributed by atoms with Gasteiger partial charge in [-0.2, -0.15) is 0 Å². The summed E-state index contributed by atoms with van der Waals surface area (Å²) < 4.78 is 1.02. The number of carbonyl (C=O) groups excluding carboxylic acids is 1. The van der Waals surface area contributed by atoms with E-state index in [9.17, 15) is 4.79 Å². The molecule has 2 N–H and O–H groups in total. The van der Waals surface area contributed by atoms with E-state index in [0.29, 0.717) is 13.1 Å². The van der Waals surface area contributed by atoms with Crippen LogP contribution in [0.4, 0.5) is 4.79 Å². The lowest BCUT2D eigenvalue weighted by atomic mass is 10.1. The molecule has 4 heteroatoms. The SMILES string of the molecule is O=C(NCCCCc1ccccc1)NCc1cccc(Br)c1. The highest BCUT2D eigenvalue weighted by molar-refractivity contribution is 9.10. The maximum Gasteiger partial charge on any atom is 0.315 e. The highest BCUT2D eigenvalue weighted by atomic mass is 79.9. The van der Waals surface area contributed by atoms with Crippen molar-refractivity contribution in [1.29, 1.82) is 0 Å². The molecule has 2 amide bonds. The standard InChI is InChI=1S/C18H21BrN2O/c19-17-11-6-10-16(13-17)14-21-18(22)20-12-5-4-9-15-7-2-1-3-8-15/h1-3,6-8,10-11,13H,4-5,9,12,14H2,(H2,20,21,22). The molecule has 0 aliphatic heterocycles. The number of hydrogen-bond donors (Lipinski definition) is 2. The average molecular weight is 361 g/mol. The van der Waals surface area contributed by atoms with Crippen molar-refractivity contribution in [2.75, 3.05) is 6.54 Å². The van der Waals surface area contributed by atoms with Gasteiger partial charge in [-0.1, -0.05) is 58.4 Å². The Balaban J connectivity index is 1.56. The highest BCUT2D eigenvalue weighted by Crippen LogP contribution is 2.11. The monoisotopic (exact) mass is 360 g/mol. The van der Waals surface area contributed by atoms with Crippen LogP contribution in [0.15, 0.2) is 59.1 Å². The first-order chi connectivity index (χ1) is 10.7. The summed E-state index contributed by atoms with van der Waals surface area (Å²) in [5.74, 6) is 0. The van der Waals surface area contributed by atoms with E-state index < -0.39 is 0 Å². The molecule has 0 bridgehead atoms. The molecule has 2 aromatic carbocycles. The van der Waals surface area contributed by atoms with Crippen molar-refractivity contribution in [1.82, 2.24) is 10.6 Å². The number of rotatable bonds is 7. The number of urea groups is 1. The number of aryl methyl sites for hydroxylation is 1. The van der Waals surface area contributed by atoms with E-state index >= 15 is 0 Å². The summed E-state index contributed by atoms with van der Waals surface area (Å²) in [4.78, 5) is 11.7. The Labute approximate surface area is 140 Å². The number of carbonyl (C=O) groups is 1. The molecule has 116 valence electrons. The second kappa shape index (κ2) is 9.26. The maximum absolute atomic E-state index is 11.7. The lowest BCUT2D eigenvalue weighted by Gasteiger charge is -2.08. The van der Waals surface area contributed by atoms with E-state index in [0.717, 1.165) is 29.3 Å². The van der Waals surface area contributed by atoms with Crippen LogP contribution in [0.1, 0.15) is 24.0 Å². The Kier molecular flexibility index (Phi) is 6.97.